The maximum absolute atomic E-state index is 11.0. The molecule has 0 aliphatic heterocycles. The van der Waals surface area contributed by atoms with E-state index in [0.717, 1.165) is 11.1 Å². The van der Waals surface area contributed by atoms with Gasteiger partial charge in [0.2, 0.25) is 0 Å². The Morgan fingerprint density at radius 3 is 1.95 bits per heavy atom. The molecule has 2 atom stereocenters. The van der Waals surface area contributed by atoms with Crippen LogP contribution >= 0.6 is 0 Å². The molecule has 0 radical (unpaired) electrons. The zero-order chi connectivity index (χ0) is 13.8. The monoisotopic (exact) mass is 276 g/mol. The third kappa shape index (κ3) is 3.07. The summed E-state index contributed by atoms with van der Waals surface area (Å²) < 4.78 is 20.0. The highest BCUT2D eigenvalue weighted by Crippen LogP contribution is 2.24. The number of hydrogen-bond donors (Lipinski definition) is 2. The van der Waals surface area contributed by atoms with Gasteiger partial charge in [0.05, 0.1) is 0 Å². The number of benzene rings is 2. The first-order valence-electron chi connectivity index (χ1n) is 5.57. The molecule has 2 unspecified atom stereocenters. The fourth-order valence-corrected chi connectivity index (χ4v) is 2.39. The van der Waals surface area contributed by atoms with Gasteiger partial charge in [-0.3, -0.25) is 4.79 Å². The smallest absolute Gasteiger partial charge is 0.326 e. The van der Waals surface area contributed by atoms with Crippen molar-refractivity contribution in [3.05, 3.63) is 60.2 Å². The van der Waals surface area contributed by atoms with Crippen molar-refractivity contribution in [2.45, 2.75) is 5.25 Å². The summed E-state index contributed by atoms with van der Waals surface area (Å²) in [6.45, 7) is 0. The van der Waals surface area contributed by atoms with Gasteiger partial charge in [-0.2, -0.15) is 0 Å². The Bertz CT molecular complexity index is 579. The minimum absolute atomic E-state index is 0.313. The molecule has 5 heteroatoms. The molecule has 0 fully saturated rings. The van der Waals surface area contributed by atoms with Crippen LogP contribution in [0.2, 0.25) is 0 Å². The Hall–Kier alpha value is -1.98. The van der Waals surface area contributed by atoms with Crippen molar-refractivity contribution in [3.8, 4) is 11.1 Å². The predicted octanol–water partition coefficient (Wildman–Crippen LogP) is 2.70. The van der Waals surface area contributed by atoms with Crippen LogP contribution in [0.4, 0.5) is 0 Å². The quantitative estimate of drug-likeness (QED) is 0.842. The Morgan fingerprint density at radius 1 is 0.947 bits per heavy atom. The summed E-state index contributed by atoms with van der Waals surface area (Å²) in [7, 11) is 0. The number of carboxylic acid groups (broad SMARTS) is 1. The molecule has 0 saturated carbocycles. The lowest BCUT2D eigenvalue weighted by Crippen LogP contribution is -2.16. The lowest BCUT2D eigenvalue weighted by molar-refractivity contribution is -0.136. The number of carboxylic acids is 1. The molecule has 0 bridgehead atoms. The van der Waals surface area contributed by atoms with Crippen LogP contribution in [0.15, 0.2) is 54.6 Å². The van der Waals surface area contributed by atoms with Gasteiger partial charge in [0.15, 0.2) is 16.3 Å². The molecule has 0 heterocycles. The number of aliphatic carboxylic acids is 1. The van der Waals surface area contributed by atoms with Gasteiger partial charge >= 0.3 is 5.97 Å². The second-order valence-electron chi connectivity index (χ2n) is 3.98. The van der Waals surface area contributed by atoms with Crippen LogP contribution in [0.25, 0.3) is 11.1 Å². The first-order valence-corrected chi connectivity index (χ1v) is 6.74. The molecule has 2 aromatic rings. The molecular formula is C14H12O4S. The Balaban J connectivity index is 2.33. The zero-order valence-corrected chi connectivity index (χ0v) is 10.7. The van der Waals surface area contributed by atoms with E-state index < -0.39 is 22.3 Å². The van der Waals surface area contributed by atoms with Crippen LogP contribution in [0, 0.1) is 0 Å². The van der Waals surface area contributed by atoms with E-state index in [1.54, 1.807) is 24.3 Å². The number of rotatable bonds is 4. The van der Waals surface area contributed by atoms with Gasteiger partial charge in [-0.25, -0.2) is 4.21 Å². The summed E-state index contributed by atoms with van der Waals surface area (Å²) in [6, 6.07) is 16.2. The van der Waals surface area contributed by atoms with E-state index in [4.69, 9.17) is 9.66 Å². The zero-order valence-electron chi connectivity index (χ0n) is 9.89. The molecule has 2 rings (SSSR count). The van der Waals surface area contributed by atoms with Crippen molar-refractivity contribution >= 4 is 17.0 Å². The minimum Gasteiger partial charge on any atom is -0.480 e. The maximum Gasteiger partial charge on any atom is 0.326 e. The summed E-state index contributed by atoms with van der Waals surface area (Å²) >= 11 is -2.44. The van der Waals surface area contributed by atoms with Gasteiger partial charge in [0, 0.05) is 0 Å². The fourth-order valence-electron chi connectivity index (χ4n) is 1.83. The lowest BCUT2D eigenvalue weighted by Gasteiger charge is -2.09. The fraction of sp³-hybridized carbons (Fsp3) is 0.0714. The largest absolute Gasteiger partial charge is 0.480 e. The van der Waals surface area contributed by atoms with Gasteiger partial charge in [-0.05, 0) is 16.7 Å². The van der Waals surface area contributed by atoms with Crippen molar-refractivity contribution in [1.82, 2.24) is 0 Å². The highest BCUT2D eigenvalue weighted by atomic mass is 32.2. The average Bonchev–Trinajstić information content (AvgIpc) is 2.40. The highest BCUT2D eigenvalue weighted by molar-refractivity contribution is 7.80. The van der Waals surface area contributed by atoms with Crippen LogP contribution in [-0.2, 0) is 15.9 Å². The van der Waals surface area contributed by atoms with Crippen LogP contribution in [0.5, 0.6) is 0 Å². The van der Waals surface area contributed by atoms with Crippen LogP contribution < -0.4 is 0 Å². The SMILES string of the molecule is O=C(O)C(c1ccc(-c2ccccc2)cc1)S(=O)O. The summed E-state index contributed by atoms with van der Waals surface area (Å²) in [5, 5.41) is 7.52. The average molecular weight is 276 g/mol. The maximum atomic E-state index is 11.0. The van der Waals surface area contributed by atoms with Crippen LogP contribution in [-0.4, -0.2) is 19.8 Å². The normalized spacial score (nSPS) is 13.7. The molecule has 2 aromatic carbocycles. The first kappa shape index (κ1) is 13.5. The second kappa shape index (κ2) is 5.77. The van der Waals surface area contributed by atoms with E-state index in [-0.39, 0.29) is 0 Å². The van der Waals surface area contributed by atoms with Gasteiger partial charge in [0.25, 0.3) is 0 Å². The molecule has 0 saturated heterocycles. The molecule has 0 amide bonds. The molecule has 2 N–H and O–H groups in total. The molecule has 0 aliphatic rings. The van der Waals surface area contributed by atoms with E-state index in [9.17, 15) is 9.00 Å². The van der Waals surface area contributed by atoms with E-state index in [2.05, 4.69) is 0 Å². The summed E-state index contributed by atoms with van der Waals surface area (Å²) in [4.78, 5) is 10.9. The van der Waals surface area contributed by atoms with E-state index >= 15 is 0 Å². The molecule has 0 aromatic heterocycles. The molecule has 0 spiro atoms. The molecule has 98 valence electrons. The topological polar surface area (TPSA) is 74.6 Å². The third-order valence-corrected chi connectivity index (χ3v) is 3.62. The molecular weight excluding hydrogens is 264 g/mol. The highest BCUT2D eigenvalue weighted by Gasteiger charge is 2.25. The van der Waals surface area contributed by atoms with Crippen molar-refractivity contribution in [1.29, 1.82) is 0 Å². The van der Waals surface area contributed by atoms with E-state index in [0.29, 0.717) is 5.56 Å². The molecule has 0 aliphatic carbocycles. The third-order valence-electron chi connectivity index (χ3n) is 2.75. The summed E-state index contributed by atoms with van der Waals surface area (Å²) in [6.07, 6.45) is 0. The van der Waals surface area contributed by atoms with E-state index in [1.165, 1.54) is 0 Å². The molecule has 19 heavy (non-hydrogen) atoms. The lowest BCUT2D eigenvalue weighted by atomic mass is 10.0. The predicted molar refractivity (Wildman–Crippen MR) is 73.0 cm³/mol. The summed E-state index contributed by atoms with van der Waals surface area (Å²) in [5.74, 6) is -1.31. The van der Waals surface area contributed by atoms with Gasteiger partial charge < -0.3 is 9.66 Å². The minimum atomic E-state index is -2.44. The van der Waals surface area contributed by atoms with Gasteiger partial charge in [-0.1, -0.05) is 54.6 Å². The number of hydrogen-bond acceptors (Lipinski definition) is 2. The summed E-state index contributed by atoms with van der Waals surface area (Å²) in [5.41, 5.74) is 2.25. The van der Waals surface area contributed by atoms with Crippen molar-refractivity contribution in [3.63, 3.8) is 0 Å². The number of carbonyl (C=O) groups is 1. The van der Waals surface area contributed by atoms with Crippen molar-refractivity contribution in [2.75, 3.05) is 0 Å². The molecule has 4 nitrogen and oxygen atoms in total. The Morgan fingerprint density at radius 2 is 1.47 bits per heavy atom. The van der Waals surface area contributed by atoms with Gasteiger partial charge in [0.1, 0.15) is 0 Å². The van der Waals surface area contributed by atoms with Gasteiger partial charge in [-0.15, -0.1) is 0 Å². The first-order chi connectivity index (χ1) is 9.09. The van der Waals surface area contributed by atoms with Crippen molar-refractivity contribution in [2.24, 2.45) is 0 Å². The standard InChI is InChI=1S/C14H12O4S/c15-14(16)13(19(17)18)12-8-6-11(7-9-12)10-4-2-1-3-5-10/h1-9,13H,(H,15,16)(H,17,18). The van der Waals surface area contributed by atoms with E-state index in [1.807, 2.05) is 30.3 Å². The van der Waals surface area contributed by atoms with Crippen molar-refractivity contribution < 1.29 is 18.7 Å². The second-order valence-corrected chi connectivity index (χ2v) is 5.01. The Kier molecular flexibility index (Phi) is 4.09. The van der Waals surface area contributed by atoms with Crippen LogP contribution in [0.3, 0.4) is 0 Å². The Labute approximate surface area is 113 Å². The van der Waals surface area contributed by atoms with Crippen LogP contribution in [0.1, 0.15) is 10.8 Å².